The summed E-state index contributed by atoms with van der Waals surface area (Å²) >= 11 is 0. The van der Waals surface area contributed by atoms with E-state index in [9.17, 15) is 0 Å². The molecule has 0 atom stereocenters. The van der Waals surface area contributed by atoms with Crippen molar-refractivity contribution in [1.29, 1.82) is 0 Å². The first-order valence-corrected chi connectivity index (χ1v) is 22.4. The number of benzene rings is 8. The molecule has 0 saturated carbocycles. The van der Waals surface area contributed by atoms with Crippen LogP contribution in [0.1, 0.15) is 0 Å². The van der Waals surface area contributed by atoms with Crippen LogP contribution in [0.15, 0.2) is 194 Å². The Morgan fingerprint density at radius 3 is 1.55 bits per heavy atom. The van der Waals surface area contributed by atoms with Gasteiger partial charge in [0.15, 0.2) is 17.5 Å². The minimum absolute atomic E-state index is 0.193. The van der Waals surface area contributed by atoms with Crippen LogP contribution in [-0.4, -0.2) is 37.8 Å². The third-order valence-corrected chi connectivity index (χ3v) is 12.8. The Morgan fingerprint density at radius 2 is 0.900 bits per heavy atom. The molecular weight excluding hydrogens is 750 g/mol. The van der Waals surface area contributed by atoms with Crippen LogP contribution in [0.25, 0.3) is 106 Å². The lowest BCUT2D eigenvalue weighted by Gasteiger charge is -2.14. The fraction of sp³-hybridized carbons (Fsp3) is 0.0370. The Hall–Kier alpha value is -7.33. The molecule has 0 spiro atoms. The topological polar surface area (TPSA) is 56.5 Å². The lowest BCUT2D eigenvalue weighted by atomic mass is 9.94. The van der Waals surface area contributed by atoms with Crippen molar-refractivity contribution in [2.24, 2.45) is 0 Å². The van der Waals surface area contributed by atoms with E-state index in [2.05, 4.69) is 182 Å². The third-order valence-electron chi connectivity index (χ3n) is 11.4. The molecule has 6 heteroatoms. The molecule has 0 N–H and O–H groups in total. The second kappa shape index (κ2) is 14.8. The standard InChI is InChI=1S/C54H38N5P/c1-60(2)42-29-26-39(27-30-42)54-57-52(37-16-8-4-9-17-37)56-53(58-54)38-24-22-35(23-25-38)40-28-32-46-45(34-40)43-31-33-48-49(50(43)51(55-46)36-14-6-3-7-15-36)44-20-12-13-21-47(44)59(48)41-18-10-5-11-19-41/h3-34H,1-2H3. The summed E-state index contributed by atoms with van der Waals surface area (Å²) in [5.41, 5.74) is 11.6. The number of rotatable bonds is 7. The van der Waals surface area contributed by atoms with E-state index in [0.717, 1.165) is 66.6 Å². The molecule has 8 aromatic carbocycles. The smallest absolute Gasteiger partial charge is 0.164 e. The van der Waals surface area contributed by atoms with Crippen LogP contribution >= 0.6 is 7.92 Å². The molecule has 3 heterocycles. The first-order chi connectivity index (χ1) is 29.6. The van der Waals surface area contributed by atoms with Crippen molar-refractivity contribution in [3.63, 3.8) is 0 Å². The Kier molecular flexibility index (Phi) is 8.83. The first-order valence-electron chi connectivity index (χ1n) is 20.2. The summed E-state index contributed by atoms with van der Waals surface area (Å²) in [6.07, 6.45) is 0. The van der Waals surface area contributed by atoms with Gasteiger partial charge in [-0.3, -0.25) is 0 Å². The summed E-state index contributed by atoms with van der Waals surface area (Å²) in [7, 11) is -0.193. The SMILES string of the molecule is CP(C)c1ccc(-c2nc(-c3ccccc3)nc(-c3ccc(-c4ccc5nc(-c6ccccc6)c6c(ccc7c6c6ccccc6n7-c6ccccc6)c5c4)cc3)n2)cc1. The molecule has 0 aliphatic carbocycles. The maximum Gasteiger partial charge on any atom is 0.164 e. The van der Waals surface area contributed by atoms with Gasteiger partial charge in [-0.15, -0.1) is 0 Å². The van der Waals surface area contributed by atoms with E-state index in [-0.39, 0.29) is 7.92 Å². The maximum absolute atomic E-state index is 5.45. The number of pyridine rings is 1. The Bertz CT molecular complexity index is 3360. The van der Waals surface area contributed by atoms with Gasteiger partial charge in [0.05, 0.1) is 22.2 Å². The first kappa shape index (κ1) is 35.8. The monoisotopic (exact) mass is 787 g/mol. The van der Waals surface area contributed by atoms with E-state index < -0.39 is 0 Å². The molecular formula is C54H38N5P. The predicted molar refractivity (Wildman–Crippen MR) is 253 cm³/mol. The van der Waals surface area contributed by atoms with E-state index in [1.54, 1.807) is 0 Å². The predicted octanol–water partition coefficient (Wildman–Crippen LogP) is 13.4. The Morgan fingerprint density at radius 1 is 0.367 bits per heavy atom. The maximum atomic E-state index is 5.45. The number of fused-ring (bicyclic) bond motifs is 7. The van der Waals surface area contributed by atoms with Crippen molar-refractivity contribution in [3.05, 3.63) is 194 Å². The molecule has 284 valence electrons. The summed E-state index contributed by atoms with van der Waals surface area (Å²) < 4.78 is 2.38. The molecule has 0 bridgehead atoms. The van der Waals surface area contributed by atoms with Crippen molar-refractivity contribution in [2.45, 2.75) is 0 Å². The number of nitrogens with zero attached hydrogens (tertiary/aromatic N) is 5. The van der Waals surface area contributed by atoms with Gasteiger partial charge < -0.3 is 4.57 Å². The largest absolute Gasteiger partial charge is 0.309 e. The highest BCUT2D eigenvalue weighted by Gasteiger charge is 2.20. The zero-order chi connectivity index (χ0) is 40.2. The van der Waals surface area contributed by atoms with Crippen LogP contribution in [0.4, 0.5) is 0 Å². The van der Waals surface area contributed by atoms with E-state index in [4.69, 9.17) is 19.9 Å². The quantitative estimate of drug-likeness (QED) is 0.119. The van der Waals surface area contributed by atoms with E-state index >= 15 is 0 Å². The Labute approximate surface area is 349 Å². The third kappa shape index (κ3) is 6.23. The van der Waals surface area contributed by atoms with Gasteiger partial charge in [0.25, 0.3) is 0 Å². The molecule has 0 saturated heterocycles. The molecule has 0 aliphatic rings. The minimum atomic E-state index is -0.193. The van der Waals surface area contributed by atoms with Gasteiger partial charge >= 0.3 is 0 Å². The van der Waals surface area contributed by atoms with Crippen LogP contribution in [0.2, 0.25) is 0 Å². The van der Waals surface area contributed by atoms with Crippen LogP contribution in [0.5, 0.6) is 0 Å². The average molecular weight is 788 g/mol. The highest BCUT2D eigenvalue weighted by Crippen LogP contribution is 2.43. The highest BCUT2D eigenvalue weighted by molar-refractivity contribution is 7.64. The number of hydrogen-bond acceptors (Lipinski definition) is 4. The molecule has 3 aromatic heterocycles. The van der Waals surface area contributed by atoms with Crippen LogP contribution in [0.3, 0.4) is 0 Å². The van der Waals surface area contributed by atoms with Gasteiger partial charge in [0.1, 0.15) is 0 Å². The fourth-order valence-corrected chi connectivity index (χ4v) is 9.21. The van der Waals surface area contributed by atoms with Crippen LogP contribution in [0, 0.1) is 0 Å². The normalized spacial score (nSPS) is 11.7. The van der Waals surface area contributed by atoms with Gasteiger partial charge in [-0.05, 0) is 71.5 Å². The lowest BCUT2D eigenvalue weighted by molar-refractivity contribution is 1.07. The highest BCUT2D eigenvalue weighted by atomic mass is 31.1. The number of aromatic nitrogens is 5. The summed E-state index contributed by atoms with van der Waals surface area (Å²) in [5, 5.41) is 7.21. The molecule has 5 nitrogen and oxygen atoms in total. The van der Waals surface area contributed by atoms with Crippen molar-refractivity contribution >= 4 is 56.7 Å². The minimum Gasteiger partial charge on any atom is -0.309 e. The van der Waals surface area contributed by atoms with E-state index in [1.165, 1.54) is 27.0 Å². The fourth-order valence-electron chi connectivity index (χ4n) is 8.47. The second-order valence-electron chi connectivity index (χ2n) is 15.3. The summed E-state index contributed by atoms with van der Waals surface area (Å²) in [5.74, 6) is 1.96. The zero-order valence-electron chi connectivity index (χ0n) is 33.2. The molecule has 60 heavy (non-hydrogen) atoms. The van der Waals surface area contributed by atoms with E-state index in [1.807, 2.05) is 30.3 Å². The van der Waals surface area contributed by atoms with Crippen molar-refractivity contribution in [1.82, 2.24) is 24.5 Å². The summed E-state index contributed by atoms with van der Waals surface area (Å²) in [6.45, 7) is 4.54. The zero-order valence-corrected chi connectivity index (χ0v) is 34.1. The van der Waals surface area contributed by atoms with Crippen LogP contribution < -0.4 is 5.30 Å². The van der Waals surface area contributed by atoms with Gasteiger partial charge in [-0.25, -0.2) is 19.9 Å². The molecule has 0 aliphatic heterocycles. The Balaban J connectivity index is 1.06. The van der Waals surface area contributed by atoms with Crippen molar-refractivity contribution in [3.8, 4) is 62.2 Å². The van der Waals surface area contributed by atoms with Crippen molar-refractivity contribution < 1.29 is 0 Å². The molecule has 0 amide bonds. The van der Waals surface area contributed by atoms with Gasteiger partial charge in [-0.2, -0.15) is 0 Å². The van der Waals surface area contributed by atoms with Crippen LogP contribution in [-0.2, 0) is 0 Å². The van der Waals surface area contributed by atoms with Gasteiger partial charge in [0.2, 0.25) is 0 Å². The molecule has 0 unspecified atom stereocenters. The lowest BCUT2D eigenvalue weighted by Crippen LogP contribution is -2.02. The second-order valence-corrected chi connectivity index (χ2v) is 17.6. The summed E-state index contributed by atoms with van der Waals surface area (Å²) in [6, 6.07) is 68.5. The van der Waals surface area contributed by atoms with Gasteiger partial charge in [-0.1, -0.05) is 166 Å². The van der Waals surface area contributed by atoms with E-state index in [0.29, 0.717) is 17.5 Å². The molecule has 11 aromatic rings. The molecule has 11 rings (SSSR count). The number of hydrogen-bond donors (Lipinski definition) is 0. The summed E-state index contributed by atoms with van der Waals surface area (Å²) in [4.78, 5) is 20.4. The van der Waals surface area contributed by atoms with Crippen molar-refractivity contribution in [2.75, 3.05) is 13.3 Å². The molecule has 0 radical (unpaired) electrons. The molecule has 0 fully saturated rings. The van der Waals surface area contributed by atoms with Gasteiger partial charge in [0, 0.05) is 49.5 Å². The average Bonchev–Trinajstić information content (AvgIpc) is 3.66. The number of para-hydroxylation sites is 2.